The number of carbonyl (C=O) groups excluding carboxylic acids is 1. The number of amides is 2. The molecule has 2 N–H and O–H groups in total. The summed E-state index contributed by atoms with van der Waals surface area (Å²) in [4.78, 5) is 16.9. The second kappa shape index (κ2) is 7.40. The molecule has 2 heterocycles. The zero-order chi connectivity index (χ0) is 17.9. The smallest absolute Gasteiger partial charge is 0.317 e. The van der Waals surface area contributed by atoms with Crippen LogP contribution in [0, 0.1) is 0 Å². The highest BCUT2D eigenvalue weighted by Gasteiger charge is 2.23. The third-order valence-corrected chi connectivity index (χ3v) is 5.54. The van der Waals surface area contributed by atoms with Crippen molar-refractivity contribution in [3.63, 3.8) is 0 Å². The summed E-state index contributed by atoms with van der Waals surface area (Å²) >= 11 is 0. The number of nitrogens with zero attached hydrogens (tertiary/aromatic N) is 3. The van der Waals surface area contributed by atoms with E-state index in [0.29, 0.717) is 6.54 Å². The topological polar surface area (TPSA) is 64.3 Å². The molecule has 26 heavy (non-hydrogen) atoms. The fourth-order valence-corrected chi connectivity index (χ4v) is 4.06. The number of para-hydroxylation sites is 1. The van der Waals surface area contributed by atoms with Crippen LogP contribution in [0.25, 0.3) is 0 Å². The van der Waals surface area contributed by atoms with Gasteiger partial charge in [-0.1, -0.05) is 18.2 Å². The van der Waals surface area contributed by atoms with Crippen molar-refractivity contribution in [3.05, 3.63) is 47.3 Å². The minimum absolute atomic E-state index is 0.00169. The molecule has 6 nitrogen and oxygen atoms in total. The Labute approximate surface area is 154 Å². The van der Waals surface area contributed by atoms with Crippen molar-refractivity contribution in [2.24, 2.45) is 0 Å². The number of aryl methyl sites for hydroxylation is 1. The summed E-state index contributed by atoms with van der Waals surface area (Å²) in [6, 6.07) is 8.63. The predicted octanol–water partition coefficient (Wildman–Crippen LogP) is 2.71. The molecule has 1 fully saturated rings. The zero-order valence-corrected chi connectivity index (χ0v) is 15.4. The Morgan fingerprint density at radius 2 is 2.15 bits per heavy atom. The van der Waals surface area contributed by atoms with Gasteiger partial charge in [-0.05, 0) is 49.3 Å². The first-order valence-corrected chi connectivity index (χ1v) is 9.56. The largest absolute Gasteiger partial charge is 0.371 e. The van der Waals surface area contributed by atoms with E-state index in [1.165, 1.54) is 35.3 Å². The van der Waals surface area contributed by atoms with Crippen molar-refractivity contribution in [2.45, 2.75) is 44.7 Å². The van der Waals surface area contributed by atoms with E-state index < -0.39 is 0 Å². The highest BCUT2D eigenvalue weighted by molar-refractivity contribution is 5.74. The molecule has 0 radical (unpaired) electrons. The van der Waals surface area contributed by atoms with E-state index in [2.05, 4.69) is 44.7 Å². The average molecular weight is 353 g/mol. The summed E-state index contributed by atoms with van der Waals surface area (Å²) in [5.41, 5.74) is 4.92. The highest BCUT2D eigenvalue weighted by Crippen LogP contribution is 2.25. The van der Waals surface area contributed by atoms with Crippen LogP contribution in [-0.2, 0) is 19.4 Å². The van der Waals surface area contributed by atoms with Gasteiger partial charge in [0.1, 0.15) is 0 Å². The van der Waals surface area contributed by atoms with E-state index in [1.54, 1.807) is 4.90 Å². The summed E-state index contributed by atoms with van der Waals surface area (Å²) in [6.45, 7) is 2.85. The normalized spacial score (nSPS) is 19.3. The summed E-state index contributed by atoms with van der Waals surface area (Å²) in [5.74, 6) is 0. The highest BCUT2D eigenvalue weighted by atomic mass is 16.2. The van der Waals surface area contributed by atoms with Gasteiger partial charge in [0, 0.05) is 44.1 Å². The van der Waals surface area contributed by atoms with E-state index in [0.717, 1.165) is 32.4 Å². The number of fused-ring (bicyclic) bond motifs is 1. The minimum atomic E-state index is -0.00169. The van der Waals surface area contributed by atoms with Crippen LogP contribution in [0.4, 0.5) is 10.5 Å². The molecule has 2 aromatic rings. The number of hydrogen-bond acceptors (Lipinski definition) is 3. The molecule has 1 unspecified atom stereocenters. The van der Waals surface area contributed by atoms with Gasteiger partial charge in [-0.15, -0.1) is 0 Å². The average Bonchev–Trinajstić information content (AvgIpc) is 3.33. The van der Waals surface area contributed by atoms with Crippen LogP contribution in [0.2, 0.25) is 0 Å². The van der Waals surface area contributed by atoms with Crippen molar-refractivity contribution in [2.75, 3.05) is 25.0 Å². The molecule has 0 bridgehead atoms. The molecule has 1 aromatic carbocycles. The van der Waals surface area contributed by atoms with Gasteiger partial charge in [-0.3, -0.25) is 5.10 Å². The van der Waals surface area contributed by atoms with Gasteiger partial charge in [0.05, 0.1) is 6.20 Å². The first-order chi connectivity index (χ1) is 12.7. The number of aromatic nitrogens is 2. The summed E-state index contributed by atoms with van der Waals surface area (Å²) < 4.78 is 0. The number of benzene rings is 1. The van der Waals surface area contributed by atoms with Crippen LogP contribution >= 0.6 is 0 Å². The third-order valence-electron chi connectivity index (χ3n) is 5.54. The second-order valence-electron chi connectivity index (χ2n) is 7.44. The van der Waals surface area contributed by atoms with E-state index >= 15 is 0 Å². The molecule has 4 rings (SSSR count). The van der Waals surface area contributed by atoms with Crippen LogP contribution in [0.15, 0.2) is 30.5 Å². The van der Waals surface area contributed by atoms with Crippen LogP contribution in [0.5, 0.6) is 0 Å². The number of hydrogen-bond donors (Lipinski definition) is 2. The molecule has 6 heteroatoms. The Balaban J connectivity index is 1.38. The van der Waals surface area contributed by atoms with Crippen LogP contribution in [0.1, 0.15) is 36.1 Å². The van der Waals surface area contributed by atoms with Crippen LogP contribution in [0.3, 0.4) is 0 Å². The molecular formula is C20H27N5O. The Morgan fingerprint density at radius 1 is 1.35 bits per heavy atom. The molecule has 1 saturated heterocycles. The maximum absolute atomic E-state index is 12.7. The van der Waals surface area contributed by atoms with Gasteiger partial charge in [-0.2, -0.15) is 5.10 Å². The Bertz CT molecular complexity index is 765. The quantitative estimate of drug-likeness (QED) is 0.888. The molecule has 2 amide bonds. The predicted molar refractivity (Wildman–Crippen MR) is 102 cm³/mol. The molecule has 0 spiro atoms. The number of nitrogens with one attached hydrogen (secondary N) is 2. The number of H-pyrrole nitrogens is 1. The van der Waals surface area contributed by atoms with Crippen LogP contribution < -0.4 is 10.2 Å². The standard InChI is InChI=1S/C20H27N5O/c1-24(14-15-6-2-3-7-19(15)25-10-4-5-11-25)20(26)22-17-8-9-18-16(12-17)13-21-23-18/h2-3,6-7,13,17H,4-5,8-12,14H2,1H3,(H,21,23)(H,22,26). The van der Waals surface area contributed by atoms with Gasteiger partial charge in [-0.25, -0.2) is 4.79 Å². The summed E-state index contributed by atoms with van der Waals surface area (Å²) in [5, 5.41) is 10.3. The molecule has 1 aliphatic heterocycles. The third kappa shape index (κ3) is 3.54. The van der Waals surface area contributed by atoms with E-state index in [4.69, 9.17) is 0 Å². The van der Waals surface area contributed by atoms with Crippen molar-refractivity contribution in [1.82, 2.24) is 20.4 Å². The molecule has 1 aliphatic carbocycles. The van der Waals surface area contributed by atoms with E-state index in [1.807, 2.05) is 13.2 Å². The SMILES string of the molecule is CN(Cc1ccccc1N1CCCC1)C(=O)NC1CCc2[nH]ncc2C1. The molecule has 0 saturated carbocycles. The number of aromatic amines is 1. The monoisotopic (exact) mass is 353 g/mol. The lowest BCUT2D eigenvalue weighted by molar-refractivity contribution is 0.201. The lowest BCUT2D eigenvalue weighted by atomic mass is 9.94. The summed E-state index contributed by atoms with van der Waals surface area (Å²) in [7, 11) is 1.88. The number of anilines is 1. The Kier molecular flexibility index (Phi) is 4.82. The molecule has 138 valence electrons. The molecular weight excluding hydrogens is 326 g/mol. The minimum Gasteiger partial charge on any atom is -0.371 e. The van der Waals surface area contributed by atoms with E-state index in [-0.39, 0.29) is 12.1 Å². The number of rotatable bonds is 4. The van der Waals surface area contributed by atoms with Gasteiger partial charge >= 0.3 is 6.03 Å². The van der Waals surface area contributed by atoms with Crippen molar-refractivity contribution in [1.29, 1.82) is 0 Å². The number of carbonyl (C=O) groups is 1. The second-order valence-corrected chi connectivity index (χ2v) is 7.44. The van der Waals surface area contributed by atoms with Crippen LogP contribution in [-0.4, -0.2) is 47.3 Å². The first-order valence-electron chi connectivity index (χ1n) is 9.56. The van der Waals surface area contributed by atoms with Crippen molar-refractivity contribution in [3.8, 4) is 0 Å². The number of urea groups is 1. The lowest BCUT2D eigenvalue weighted by Crippen LogP contribution is -2.45. The maximum Gasteiger partial charge on any atom is 0.317 e. The van der Waals surface area contributed by atoms with Crippen molar-refractivity contribution >= 4 is 11.7 Å². The lowest BCUT2D eigenvalue weighted by Gasteiger charge is -2.28. The fraction of sp³-hybridized carbons (Fsp3) is 0.500. The molecule has 1 atom stereocenters. The van der Waals surface area contributed by atoms with Gasteiger partial charge in [0.2, 0.25) is 0 Å². The van der Waals surface area contributed by atoms with Gasteiger partial charge in [0.15, 0.2) is 0 Å². The van der Waals surface area contributed by atoms with Crippen molar-refractivity contribution < 1.29 is 4.79 Å². The fourth-order valence-electron chi connectivity index (χ4n) is 4.06. The van der Waals surface area contributed by atoms with Gasteiger partial charge in [0.25, 0.3) is 0 Å². The van der Waals surface area contributed by atoms with E-state index in [9.17, 15) is 4.79 Å². The Hall–Kier alpha value is -2.50. The maximum atomic E-state index is 12.7. The first kappa shape index (κ1) is 16.9. The molecule has 2 aliphatic rings. The van der Waals surface area contributed by atoms with Gasteiger partial charge < -0.3 is 15.1 Å². The summed E-state index contributed by atoms with van der Waals surface area (Å²) in [6.07, 6.45) is 7.14. The Morgan fingerprint density at radius 3 is 3.00 bits per heavy atom. The molecule has 1 aromatic heterocycles. The zero-order valence-electron chi connectivity index (χ0n) is 15.4.